The van der Waals surface area contributed by atoms with E-state index in [1.54, 1.807) is 4.90 Å². The van der Waals surface area contributed by atoms with E-state index in [-0.39, 0.29) is 18.2 Å². The van der Waals surface area contributed by atoms with Crippen molar-refractivity contribution in [2.45, 2.75) is 11.7 Å². The summed E-state index contributed by atoms with van der Waals surface area (Å²) in [5, 5.41) is 5.82. The molecule has 1 fully saturated rings. The lowest BCUT2D eigenvalue weighted by molar-refractivity contribution is 0.0766. The fraction of sp³-hybridized carbons (Fsp3) is 0.333. The lowest BCUT2D eigenvalue weighted by Crippen LogP contribution is -2.33. The Morgan fingerprint density at radius 2 is 2.00 bits per heavy atom. The van der Waals surface area contributed by atoms with E-state index in [9.17, 15) is 13.2 Å². The van der Waals surface area contributed by atoms with E-state index < -0.39 is 15.1 Å². The Morgan fingerprint density at radius 1 is 1.23 bits per heavy atom. The molecule has 1 aromatic carbocycles. The number of aromatic nitrogens is 2. The summed E-state index contributed by atoms with van der Waals surface area (Å²) in [6.45, 7) is 0.637. The third-order valence-electron chi connectivity index (χ3n) is 3.94. The zero-order chi connectivity index (χ0) is 15.6. The standard InChI is InChI=1S/C15H17N3O3S/c19-15(13-10-16-17-11-13)18-7-6-14(22(20,21)9-8-18)12-4-2-1-3-5-12/h1-5,10-11,14H,6-9H2,(H,16,17). The minimum absolute atomic E-state index is 0.0177. The summed E-state index contributed by atoms with van der Waals surface area (Å²) >= 11 is 0. The second-order valence-electron chi connectivity index (χ2n) is 5.33. The van der Waals surface area contributed by atoms with Crippen LogP contribution in [0.25, 0.3) is 0 Å². The van der Waals surface area contributed by atoms with Crippen LogP contribution in [0.4, 0.5) is 0 Å². The summed E-state index contributed by atoms with van der Waals surface area (Å²) in [5.41, 5.74) is 1.25. The molecule has 1 unspecified atom stereocenters. The first-order valence-electron chi connectivity index (χ1n) is 7.12. The van der Waals surface area contributed by atoms with Crippen molar-refractivity contribution in [1.82, 2.24) is 15.1 Å². The summed E-state index contributed by atoms with van der Waals surface area (Å²) in [4.78, 5) is 13.9. The number of aromatic amines is 1. The number of hydrogen-bond acceptors (Lipinski definition) is 4. The van der Waals surface area contributed by atoms with E-state index in [4.69, 9.17) is 0 Å². The third-order valence-corrected chi connectivity index (χ3v) is 6.07. The highest BCUT2D eigenvalue weighted by Crippen LogP contribution is 2.29. The predicted octanol–water partition coefficient (Wildman–Crippen LogP) is 1.41. The number of sulfone groups is 1. The van der Waals surface area contributed by atoms with E-state index in [1.165, 1.54) is 12.4 Å². The Kier molecular flexibility index (Phi) is 3.98. The van der Waals surface area contributed by atoms with Crippen LogP contribution < -0.4 is 0 Å². The predicted molar refractivity (Wildman–Crippen MR) is 82.1 cm³/mol. The molecular weight excluding hydrogens is 302 g/mol. The summed E-state index contributed by atoms with van der Waals surface area (Å²) < 4.78 is 25.0. The highest BCUT2D eigenvalue weighted by Gasteiger charge is 2.32. The molecule has 0 aliphatic carbocycles. The fourth-order valence-corrected chi connectivity index (χ4v) is 4.54. The zero-order valence-electron chi connectivity index (χ0n) is 12.0. The number of amides is 1. The van der Waals surface area contributed by atoms with Crippen molar-refractivity contribution in [2.75, 3.05) is 18.8 Å². The number of carbonyl (C=O) groups excluding carboxylic acids is 1. The molecule has 7 heteroatoms. The largest absolute Gasteiger partial charge is 0.337 e. The molecule has 1 aromatic heterocycles. The van der Waals surface area contributed by atoms with Gasteiger partial charge in [0.1, 0.15) is 0 Å². The number of benzene rings is 1. The van der Waals surface area contributed by atoms with E-state index in [1.807, 2.05) is 30.3 Å². The second kappa shape index (κ2) is 5.92. The molecule has 0 saturated carbocycles. The van der Waals surface area contributed by atoms with Gasteiger partial charge in [0.2, 0.25) is 0 Å². The maximum Gasteiger partial charge on any atom is 0.257 e. The molecule has 6 nitrogen and oxygen atoms in total. The first-order chi connectivity index (χ1) is 10.6. The van der Waals surface area contributed by atoms with Gasteiger partial charge in [-0.1, -0.05) is 30.3 Å². The average Bonchev–Trinajstić information content (AvgIpc) is 3.00. The number of H-pyrrole nitrogens is 1. The lowest BCUT2D eigenvalue weighted by atomic mass is 10.1. The molecule has 1 amide bonds. The van der Waals surface area contributed by atoms with Gasteiger partial charge in [-0.15, -0.1) is 0 Å². The van der Waals surface area contributed by atoms with Crippen LogP contribution >= 0.6 is 0 Å². The number of nitrogens with zero attached hydrogens (tertiary/aromatic N) is 2. The zero-order valence-corrected chi connectivity index (χ0v) is 12.8. The van der Waals surface area contributed by atoms with Crippen LogP contribution in [-0.4, -0.2) is 48.3 Å². The van der Waals surface area contributed by atoms with Gasteiger partial charge in [0.25, 0.3) is 5.91 Å². The molecule has 1 saturated heterocycles. The smallest absolute Gasteiger partial charge is 0.257 e. The number of hydrogen-bond donors (Lipinski definition) is 1. The topological polar surface area (TPSA) is 83.1 Å². The van der Waals surface area contributed by atoms with Gasteiger partial charge in [-0.2, -0.15) is 5.10 Å². The van der Waals surface area contributed by atoms with Crippen LogP contribution in [0.1, 0.15) is 27.6 Å². The molecule has 2 aromatic rings. The van der Waals surface area contributed by atoms with Crippen molar-refractivity contribution in [3.63, 3.8) is 0 Å². The van der Waals surface area contributed by atoms with Gasteiger partial charge in [-0.05, 0) is 12.0 Å². The van der Waals surface area contributed by atoms with Gasteiger partial charge >= 0.3 is 0 Å². The maximum absolute atomic E-state index is 12.5. The van der Waals surface area contributed by atoms with Gasteiger partial charge in [0, 0.05) is 19.3 Å². The number of nitrogens with one attached hydrogen (secondary N) is 1. The monoisotopic (exact) mass is 319 g/mol. The molecule has 0 bridgehead atoms. The van der Waals surface area contributed by atoms with Crippen LogP contribution in [0.3, 0.4) is 0 Å². The molecule has 1 atom stereocenters. The van der Waals surface area contributed by atoms with E-state index in [2.05, 4.69) is 10.2 Å². The quantitative estimate of drug-likeness (QED) is 0.907. The van der Waals surface area contributed by atoms with Crippen LogP contribution in [-0.2, 0) is 9.84 Å². The molecule has 22 heavy (non-hydrogen) atoms. The minimum Gasteiger partial charge on any atom is -0.337 e. The maximum atomic E-state index is 12.5. The van der Waals surface area contributed by atoms with Gasteiger partial charge in [-0.25, -0.2) is 8.42 Å². The highest BCUT2D eigenvalue weighted by molar-refractivity contribution is 7.91. The Labute approximate surface area is 129 Å². The SMILES string of the molecule is O=C(c1cn[nH]c1)N1CCC(c2ccccc2)S(=O)(=O)CC1. The van der Waals surface area contributed by atoms with Gasteiger partial charge in [0.05, 0.1) is 22.8 Å². The molecule has 0 spiro atoms. The first kappa shape index (κ1) is 14.8. The highest BCUT2D eigenvalue weighted by atomic mass is 32.2. The van der Waals surface area contributed by atoms with E-state index in [0.29, 0.717) is 18.5 Å². The Hall–Kier alpha value is -2.15. The minimum atomic E-state index is -3.27. The molecule has 116 valence electrons. The van der Waals surface area contributed by atoms with Crippen LogP contribution in [0.15, 0.2) is 42.7 Å². The first-order valence-corrected chi connectivity index (χ1v) is 8.84. The summed E-state index contributed by atoms with van der Waals surface area (Å²) in [5.74, 6) is -0.200. The van der Waals surface area contributed by atoms with E-state index >= 15 is 0 Å². The van der Waals surface area contributed by atoms with Gasteiger partial charge < -0.3 is 4.90 Å². The molecule has 1 aliphatic rings. The van der Waals surface area contributed by atoms with Crippen LogP contribution in [0, 0.1) is 0 Å². The van der Waals surface area contributed by atoms with Crippen molar-refractivity contribution in [3.8, 4) is 0 Å². The Balaban J connectivity index is 1.82. The van der Waals surface area contributed by atoms with Crippen LogP contribution in [0.5, 0.6) is 0 Å². The molecule has 3 rings (SSSR count). The average molecular weight is 319 g/mol. The van der Waals surface area contributed by atoms with Crippen molar-refractivity contribution in [3.05, 3.63) is 53.9 Å². The molecule has 1 N–H and O–H groups in total. The van der Waals surface area contributed by atoms with Gasteiger partial charge in [0.15, 0.2) is 9.84 Å². The normalized spacial score (nSPS) is 21.3. The molecule has 1 aliphatic heterocycles. The number of carbonyl (C=O) groups is 1. The fourth-order valence-electron chi connectivity index (χ4n) is 2.74. The molecule has 0 radical (unpaired) electrons. The summed E-state index contributed by atoms with van der Waals surface area (Å²) in [6.07, 6.45) is 3.39. The van der Waals surface area contributed by atoms with Crippen LogP contribution in [0.2, 0.25) is 0 Å². The van der Waals surface area contributed by atoms with Gasteiger partial charge in [-0.3, -0.25) is 9.89 Å². The van der Waals surface area contributed by atoms with Crippen molar-refractivity contribution >= 4 is 15.7 Å². The van der Waals surface area contributed by atoms with E-state index in [0.717, 1.165) is 5.56 Å². The van der Waals surface area contributed by atoms with Crippen molar-refractivity contribution in [1.29, 1.82) is 0 Å². The molecular formula is C15H17N3O3S. The Morgan fingerprint density at radius 3 is 2.68 bits per heavy atom. The summed E-state index contributed by atoms with van der Waals surface area (Å²) in [6, 6.07) is 9.20. The molecule has 2 heterocycles. The van der Waals surface area contributed by atoms with Crippen molar-refractivity contribution in [2.24, 2.45) is 0 Å². The van der Waals surface area contributed by atoms with Crippen molar-refractivity contribution < 1.29 is 13.2 Å². The number of rotatable bonds is 2. The second-order valence-corrected chi connectivity index (χ2v) is 7.64. The summed E-state index contributed by atoms with van der Waals surface area (Å²) in [7, 11) is -3.27. The third kappa shape index (κ3) is 2.89. The Bertz CT molecular complexity index is 742. The lowest BCUT2D eigenvalue weighted by Gasteiger charge is -2.19.